The molecule has 0 saturated carbocycles. The molecule has 0 bridgehead atoms. The summed E-state index contributed by atoms with van der Waals surface area (Å²) >= 11 is 0. The molecule has 97 heavy (non-hydrogen) atoms. The fourth-order valence-corrected chi connectivity index (χ4v) is 13.0. The van der Waals surface area contributed by atoms with Gasteiger partial charge in [-0.2, -0.15) is 0 Å². The van der Waals surface area contributed by atoms with Crippen LogP contribution in [-0.2, 0) is 69.3 Å². The molecule has 0 radical (unpaired) electrons. The summed E-state index contributed by atoms with van der Waals surface area (Å²) in [5.74, 6) is 1.33. The van der Waals surface area contributed by atoms with Gasteiger partial charge in [-0.05, 0) is 96.3 Å². The molecule has 0 aromatic carbocycles. The van der Waals surface area contributed by atoms with Crippen LogP contribution in [0.15, 0.2) is 0 Å². The molecule has 582 valence electrons. The standard InChI is InChI=1S/3C25H53O6P.Al/c3*1-4-6-7-8-9-10-11-12-13-14-15-17-20-30-32(26,27)31-21-18-16-19-25(3)24-29-23-22-28-5-2;/h3*25H,4-24H2,1-3H3,(H,26,27);/q;;;+3/p-3. The predicted molar refractivity (Wildman–Crippen MR) is 399 cm³/mol. The molecule has 0 aliphatic heterocycles. The summed E-state index contributed by atoms with van der Waals surface area (Å²) in [5.41, 5.74) is 0. The molecule has 0 amide bonds. The Morgan fingerprint density at radius 3 is 0.557 bits per heavy atom. The van der Waals surface area contributed by atoms with E-state index in [9.17, 15) is 28.4 Å². The van der Waals surface area contributed by atoms with Gasteiger partial charge in [0.15, 0.2) is 0 Å². The average Bonchev–Trinajstić information content (AvgIpc) is 1.70. The van der Waals surface area contributed by atoms with Crippen molar-refractivity contribution in [2.75, 3.05) is 119 Å². The van der Waals surface area contributed by atoms with Crippen LogP contribution in [0.4, 0.5) is 0 Å². The molecule has 0 spiro atoms. The molecule has 18 nitrogen and oxygen atoms in total. The van der Waals surface area contributed by atoms with E-state index in [0.29, 0.717) is 116 Å². The fraction of sp³-hybridized carbons (Fsp3) is 1.00. The second-order valence-corrected chi connectivity index (χ2v) is 30.9. The van der Waals surface area contributed by atoms with Gasteiger partial charge in [-0.15, -0.1) is 0 Å². The van der Waals surface area contributed by atoms with E-state index in [-0.39, 0.29) is 57.0 Å². The van der Waals surface area contributed by atoms with Crippen LogP contribution in [0.1, 0.15) is 351 Å². The van der Waals surface area contributed by atoms with Crippen LogP contribution >= 0.6 is 23.5 Å². The Hall–Kier alpha value is 0.622. The number of phosphoric acid groups is 3. The first-order valence-corrected chi connectivity index (χ1v) is 44.2. The maximum absolute atomic E-state index is 11.8. The van der Waals surface area contributed by atoms with Crippen molar-refractivity contribution in [1.82, 2.24) is 0 Å². The summed E-state index contributed by atoms with van der Waals surface area (Å²) in [6.45, 7) is 28.4. The summed E-state index contributed by atoms with van der Waals surface area (Å²) in [7, 11) is -12.5. The van der Waals surface area contributed by atoms with Gasteiger partial charge in [-0.3, -0.25) is 13.7 Å². The summed E-state index contributed by atoms with van der Waals surface area (Å²) in [5, 5.41) is 0. The van der Waals surface area contributed by atoms with Crippen LogP contribution in [0.25, 0.3) is 0 Å². The summed E-state index contributed by atoms with van der Waals surface area (Å²) in [6.07, 6.45) is 52.7. The second-order valence-electron chi connectivity index (χ2n) is 26.6. The van der Waals surface area contributed by atoms with Gasteiger partial charge in [-0.25, -0.2) is 0 Å². The van der Waals surface area contributed by atoms with E-state index in [4.69, 9.17) is 55.6 Å². The normalized spacial score (nSPS) is 14.4. The first-order valence-electron chi connectivity index (χ1n) is 39.8. The van der Waals surface area contributed by atoms with Gasteiger partial charge in [0, 0.05) is 39.6 Å². The minimum Gasteiger partial charge on any atom is -0.756 e. The number of rotatable bonds is 78. The molecule has 0 rings (SSSR count). The Balaban J connectivity index is -0.000000665. The van der Waals surface area contributed by atoms with E-state index >= 15 is 0 Å². The van der Waals surface area contributed by atoms with Crippen molar-refractivity contribution in [2.45, 2.75) is 351 Å². The minimum absolute atomic E-state index is 0. The third-order valence-corrected chi connectivity index (χ3v) is 19.7. The zero-order valence-electron chi connectivity index (χ0n) is 64.5. The molecule has 0 fully saturated rings. The van der Waals surface area contributed by atoms with Gasteiger partial charge in [0.2, 0.25) is 0 Å². The smallest absolute Gasteiger partial charge is 0.756 e. The minimum atomic E-state index is -4.16. The quantitative estimate of drug-likeness (QED) is 0.0313. The summed E-state index contributed by atoms with van der Waals surface area (Å²) in [4.78, 5) is 35.4. The van der Waals surface area contributed by atoms with E-state index in [2.05, 4.69) is 41.5 Å². The third kappa shape index (κ3) is 92.7. The molecule has 6 unspecified atom stereocenters. The number of unbranched alkanes of at least 4 members (excludes halogenated alkanes) is 36. The average molecular weight is 1470 g/mol. The van der Waals surface area contributed by atoms with Crippen LogP contribution in [0.3, 0.4) is 0 Å². The second kappa shape index (κ2) is 83.9. The monoisotopic (exact) mass is 1470 g/mol. The van der Waals surface area contributed by atoms with Crippen molar-refractivity contribution >= 4 is 40.8 Å². The van der Waals surface area contributed by atoms with E-state index in [1.807, 2.05) is 20.8 Å². The molecule has 0 saturated heterocycles. The van der Waals surface area contributed by atoms with E-state index in [1.165, 1.54) is 173 Å². The fourth-order valence-electron chi connectivity index (χ4n) is 10.7. The van der Waals surface area contributed by atoms with Crippen LogP contribution in [-0.4, -0.2) is 136 Å². The van der Waals surface area contributed by atoms with Crippen LogP contribution in [0.5, 0.6) is 0 Å². The first-order chi connectivity index (χ1) is 46.5. The molecule has 0 aromatic heterocycles. The Bertz CT molecular complexity index is 1450. The van der Waals surface area contributed by atoms with E-state index in [0.717, 1.165) is 96.3 Å². The van der Waals surface area contributed by atoms with Crippen LogP contribution in [0, 0.1) is 17.8 Å². The zero-order chi connectivity index (χ0) is 71.3. The Labute approximate surface area is 609 Å². The Morgan fingerprint density at radius 1 is 0.227 bits per heavy atom. The zero-order valence-corrected chi connectivity index (χ0v) is 68.4. The number of hydrogen-bond acceptors (Lipinski definition) is 18. The molecule has 0 heterocycles. The van der Waals surface area contributed by atoms with E-state index in [1.54, 1.807) is 0 Å². The van der Waals surface area contributed by atoms with Crippen molar-refractivity contribution < 1.29 is 83.9 Å². The van der Waals surface area contributed by atoms with E-state index < -0.39 is 23.5 Å². The Morgan fingerprint density at radius 2 is 0.381 bits per heavy atom. The summed E-state index contributed by atoms with van der Waals surface area (Å²) < 4.78 is 97.6. The SMILES string of the molecule is CCCCCCCCCCCCCCOP(=O)([O-])OCCCCC(C)COCCOCC.CCCCCCCCCCCCCCOP(=O)([O-])OCCCCC(C)COCCOCC.CCCCCCCCCCCCCCOP(=O)([O-])OCCCCC(C)COCCOCC.[Al+3]. The summed E-state index contributed by atoms with van der Waals surface area (Å²) in [6, 6.07) is 0. The molecule has 0 N–H and O–H groups in total. The predicted octanol–water partition coefficient (Wildman–Crippen LogP) is 20.8. The van der Waals surface area contributed by atoms with Crippen LogP contribution < -0.4 is 14.7 Å². The molecule has 6 atom stereocenters. The molecule has 0 aliphatic carbocycles. The number of phosphoric ester groups is 3. The van der Waals surface area contributed by atoms with Gasteiger partial charge in [-0.1, -0.05) is 273 Å². The first kappa shape index (κ1) is 104. The van der Waals surface area contributed by atoms with Gasteiger partial charge >= 0.3 is 17.4 Å². The molecular formula is C75H156AlO18P3. The maximum Gasteiger partial charge on any atom is 3.00 e. The van der Waals surface area contributed by atoms with Crippen molar-refractivity contribution in [3.8, 4) is 0 Å². The topological polar surface area (TPSA) is 231 Å². The Kier molecular flexibility index (Phi) is 89.9. The van der Waals surface area contributed by atoms with Crippen molar-refractivity contribution in [2.24, 2.45) is 17.8 Å². The van der Waals surface area contributed by atoms with Crippen molar-refractivity contribution in [3.05, 3.63) is 0 Å². The third-order valence-electron chi connectivity index (χ3n) is 16.7. The number of hydrogen-bond donors (Lipinski definition) is 0. The van der Waals surface area contributed by atoms with Gasteiger partial charge in [0.05, 0.1) is 79.3 Å². The van der Waals surface area contributed by atoms with Crippen molar-refractivity contribution in [3.63, 3.8) is 0 Å². The van der Waals surface area contributed by atoms with Gasteiger partial charge < -0.3 is 70.2 Å². The molecule has 22 heteroatoms. The molecular weight excluding hydrogens is 1310 g/mol. The van der Waals surface area contributed by atoms with Gasteiger partial charge in [0.25, 0.3) is 23.5 Å². The maximum atomic E-state index is 11.8. The van der Waals surface area contributed by atoms with Crippen LogP contribution in [0.2, 0.25) is 0 Å². The molecule has 0 aromatic rings. The van der Waals surface area contributed by atoms with Crippen molar-refractivity contribution in [1.29, 1.82) is 0 Å². The number of ether oxygens (including phenoxy) is 6. The molecule has 0 aliphatic rings. The van der Waals surface area contributed by atoms with Gasteiger partial charge in [0.1, 0.15) is 0 Å². The largest absolute Gasteiger partial charge is 3.00 e.